The van der Waals surface area contributed by atoms with Gasteiger partial charge in [-0.25, -0.2) is 9.37 Å². The van der Waals surface area contributed by atoms with Crippen molar-refractivity contribution in [3.05, 3.63) is 75.8 Å². The van der Waals surface area contributed by atoms with Gasteiger partial charge in [-0.2, -0.15) is 4.37 Å². The van der Waals surface area contributed by atoms with Crippen LogP contribution in [0.3, 0.4) is 0 Å². The van der Waals surface area contributed by atoms with Crippen molar-refractivity contribution in [2.75, 3.05) is 24.5 Å². The van der Waals surface area contributed by atoms with Crippen LogP contribution in [-0.2, 0) is 6.42 Å². The Bertz CT molecular complexity index is 1010. The van der Waals surface area contributed by atoms with Crippen molar-refractivity contribution in [2.45, 2.75) is 19.4 Å². The lowest BCUT2D eigenvalue weighted by Gasteiger charge is -2.39. The van der Waals surface area contributed by atoms with Crippen molar-refractivity contribution in [3.8, 4) is 0 Å². The fraction of sp³-hybridized carbons (Fsp3) is 0.286. The zero-order valence-electron chi connectivity index (χ0n) is 15.9. The molecule has 1 amide bonds. The fourth-order valence-electron chi connectivity index (χ4n) is 3.45. The van der Waals surface area contributed by atoms with E-state index in [0.717, 1.165) is 21.0 Å². The van der Waals surface area contributed by atoms with Crippen LogP contribution in [0.2, 0.25) is 0 Å². The highest BCUT2D eigenvalue weighted by Gasteiger charge is 2.30. The number of benzene rings is 2. The molecule has 0 saturated carbocycles. The number of aromatic nitrogens is 2. The molecule has 0 radical (unpaired) electrons. The summed E-state index contributed by atoms with van der Waals surface area (Å²) in [4.78, 5) is 21.7. The van der Waals surface area contributed by atoms with Gasteiger partial charge in [0.2, 0.25) is 5.13 Å². The van der Waals surface area contributed by atoms with E-state index >= 15 is 0 Å². The first-order valence-corrected chi connectivity index (χ1v) is 11.0. The van der Waals surface area contributed by atoms with E-state index in [4.69, 9.17) is 0 Å². The van der Waals surface area contributed by atoms with E-state index in [9.17, 15) is 9.18 Å². The molecule has 1 aliphatic heterocycles. The minimum atomic E-state index is -0.246. The van der Waals surface area contributed by atoms with Gasteiger partial charge in [-0.05, 0) is 52.7 Å². The lowest BCUT2D eigenvalue weighted by molar-refractivity contribution is 0.0673. The maximum atomic E-state index is 13.1. The Morgan fingerprint density at radius 2 is 1.97 bits per heavy atom. The van der Waals surface area contributed by atoms with Crippen LogP contribution in [0.4, 0.5) is 9.52 Å². The quantitative estimate of drug-likeness (QED) is 0.562. The van der Waals surface area contributed by atoms with Crippen molar-refractivity contribution in [1.29, 1.82) is 0 Å². The molecule has 3 aromatic rings. The number of anilines is 1. The van der Waals surface area contributed by atoms with Crippen LogP contribution in [-0.4, -0.2) is 45.8 Å². The van der Waals surface area contributed by atoms with Crippen molar-refractivity contribution in [1.82, 2.24) is 14.3 Å². The third kappa shape index (κ3) is 4.48. The largest absolute Gasteiger partial charge is 0.343 e. The maximum absolute atomic E-state index is 13.1. The van der Waals surface area contributed by atoms with Crippen LogP contribution in [0, 0.1) is 5.82 Å². The van der Waals surface area contributed by atoms with Gasteiger partial charge in [-0.3, -0.25) is 4.79 Å². The van der Waals surface area contributed by atoms with E-state index in [1.54, 1.807) is 12.1 Å². The van der Waals surface area contributed by atoms with E-state index in [-0.39, 0.29) is 17.8 Å². The number of carbonyl (C=O) groups is 1. The molecule has 29 heavy (non-hydrogen) atoms. The summed E-state index contributed by atoms with van der Waals surface area (Å²) in [7, 11) is 0. The molecule has 1 aliphatic rings. The molecule has 8 heteroatoms. The number of hydrogen-bond acceptors (Lipinski definition) is 5. The lowest BCUT2D eigenvalue weighted by Crippen LogP contribution is -2.54. The van der Waals surface area contributed by atoms with Gasteiger partial charge in [0.25, 0.3) is 5.91 Å². The zero-order chi connectivity index (χ0) is 20.4. The molecule has 0 bridgehead atoms. The van der Waals surface area contributed by atoms with Crippen LogP contribution in [0.1, 0.15) is 28.7 Å². The Labute approximate surface area is 181 Å². The van der Waals surface area contributed by atoms with Gasteiger partial charge in [0.1, 0.15) is 11.6 Å². The van der Waals surface area contributed by atoms with E-state index in [2.05, 4.69) is 37.1 Å². The second-order valence-corrected chi connectivity index (χ2v) is 8.65. The SMILES string of the molecule is CC1CN(c2nc(Cc3ccc(F)cc3)ns2)CCN1C(=O)c1ccccc1Br. The van der Waals surface area contributed by atoms with E-state index in [1.165, 1.54) is 23.7 Å². The molecule has 0 N–H and O–H groups in total. The van der Waals surface area contributed by atoms with Crippen molar-refractivity contribution >= 4 is 38.5 Å². The van der Waals surface area contributed by atoms with Crippen LogP contribution in [0.5, 0.6) is 0 Å². The van der Waals surface area contributed by atoms with Crippen molar-refractivity contribution in [3.63, 3.8) is 0 Å². The summed E-state index contributed by atoms with van der Waals surface area (Å²) in [6.07, 6.45) is 0.576. The van der Waals surface area contributed by atoms with Crippen molar-refractivity contribution < 1.29 is 9.18 Å². The number of piperazine rings is 1. The first kappa shape index (κ1) is 20.0. The summed E-state index contributed by atoms with van der Waals surface area (Å²) in [5.41, 5.74) is 1.67. The number of nitrogens with zero attached hydrogens (tertiary/aromatic N) is 4. The first-order chi connectivity index (χ1) is 14.0. The van der Waals surface area contributed by atoms with Gasteiger partial charge in [-0.1, -0.05) is 24.3 Å². The van der Waals surface area contributed by atoms with Crippen LogP contribution in [0.15, 0.2) is 53.0 Å². The molecule has 2 aromatic carbocycles. The average molecular weight is 475 g/mol. The standard InChI is InChI=1S/C21H20BrFN4OS/c1-14-13-26(10-11-27(14)20(28)17-4-2-3-5-18(17)22)21-24-19(25-29-21)12-15-6-8-16(23)9-7-15/h2-9,14H,10-13H2,1H3. The number of carbonyl (C=O) groups excluding carboxylic acids is 1. The third-order valence-electron chi connectivity index (χ3n) is 5.00. The summed E-state index contributed by atoms with van der Waals surface area (Å²) < 4.78 is 18.3. The van der Waals surface area contributed by atoms with Gasteiger partial charge in [0.05, 0.1) is 5.56 Å². The molecule has 0 aliphatic carbocycles. The summed E-state index contributed by atoms with van der Waals surface area (Å²) in [6.45, 7) is 4.11. The average Bonchev–Trinajstić information content (AvgIpc) is 3.18. The highest BCUT2D eigenvalue weighted by molar-refractivity contribution is 9.10. The zero-order valence-corrected chi connectivity index (χ0v) is 18.3. The molecule has 1 atom stereocenters. The molecular formula is C21H20BrFN4OS. The Morgan fingerprint density at radius 3 is 2.69 bits per heavy atom. The Morgan fingerprint density at radius 1 is 1.21 bits per heavy atom. The maximum Gasteiger partial charge on any atom is 0.255 e. The topological polar surface area (TPSA) is 49.3 Å². The summed E-state index contributed by atoms with van der Waals surface area (Å²) >= 11 is 4.84. The molecule has 4 rings (SSSR count). The fourth-order valence-corrected chi connectivity index (χ4v) is 4.63. The molecule has 1 fully saturated rings. The first-order valence-electron chi connectivity index (χ1n) is 9.39. The number of halogens is 2. The van der Waals surface area contributed by atoms with Gasteiger partial charge >= 0.3 is 0 Å². The Hall–Kier alpha value is -2.32. The smallest absolute Gasteiger partial charge is 0.255 e. The number of hydrogen-bond donors (Lipinski definition) is 0. The van der Waals surface area contributed by atoms with E-state index in [0.29, 0.717) is 31.6 Å². The Kier molecular flexibility index (Phi) is 5.91. The molecule has 150 valence electrons. The number of rotatable bonds is 4. The highest BCUT2D eigenvalue weighted by atomic mass is 79.9. The van der Waals surface area contributed by atoms with Crippen LogP contribution >= 0.6 is 27.5 Å². The summed E-state index contributed by atoms with van der Waals surface area (Å²) in [5.74, 6) is 0.527. The predicted octanol–water partition coefficient (Wildman–Crippen LogP) is 4.38. The monoisotopic (exact) mass is 474 g/mol. The predicted molar refractivity (Wildman–Crippen MR) is 116 cm³/mol. The van der Waals surface area contributed by atoms with E-state index < -0.39 is 0 Å². The molecule has 0 spiro atoms. The van der Waals surface area contributed by atoms with Crippen LogP contribution in [0.25, 0.3) is 0 Å². The number of amides is 1. The van der Waals surface area contributed by atoms with Gasteiger partial charge < -0.3 is 9.80 Å². The lowest BCUT2D eigenvalue weighted by atomic mass is 10.1. The molecule has 1 aromatic heterocycles. The Balaban J connectivity index is 1.41. The van der Waals surface area contributed by atoms with Crippen LogP contribution < -0.4 is 4.90 Å². The van der Waals surface area contributed by atoms with E-state index in [1.807, 2.05) is 29.2 Å². The van der Waals surface area contributed by atoms with Gasteiger partial charge in [0, 0.05) is 48.1 Å². The third-order valence-corrected chi connectivity index (χ3v) is 6.50. The molecule has 2 heterocycles. The van der Waals surface area contributed by atoms with Gasteiger partial charge in [0.15, 0.2) is 0 Å². The summed E-state index contributed by atoms with van der Waals surface area (Å²) in [5, 5.41) is 0.863. The minimum Gasteiger partial charge on any atom is -0.343 e. The molecule has 1 saturated heterocycles. The summed E-state index contributed by atoms with van der Waals surface area (Å²) in [6, 6.07) is 14.0. The molecule has 5 nitrogen and oxygen atoms in total. The second-order valence-electron chi connectivity index (χ2n) is 7.07. The minimum absolute atomic E-state index is 0.0406. The van der Waals surface area contributed by atoms with Gasteiger partial charge in [-0.15, -0.1) is 0 Å². The second kappa shape index (κ2) is 8.59. The van der Waals surface area contributed by atoms with Crippen molar-refractivity contribution in [2.24, 2.45) is 0 Å². The molecule has 1 unspecified atom stereocenters. The normalized spacial score (nSPS) is 16.9. The highest BCUT2D eigenvalue weighted by Crippen LogP contribution is 2.25. The molecular weight excluding hydrogens is 455 g/mol.